The van der Waals surface area contributed by atoms with Crippen LogP contribution in [-0.4, -0.2) is 28.2 Å². The summed E-state index contributed by atoms with van der Waals surface area (Å²) in [6, 6.07) is 22.2. The number of alkyl halides is 3. The lowest BCUT2D eigenvalue weighted by Gasteiger charge is -2.11. The van der Waals surface area contributed by atoms with Crippen molar-refractivity contribution >= 4 is 40.1 Å². The minimum Gasteiger partial charge on any atom is -0.369 e. The fraction of sp³-hybridized carbons (Fsp3) is 0.160. The average molecular weight is 483 g/mol. The second kappa shape index (κ2) is 10.6. The fourth-order valence-electron chi connectivity index (χ4n) is 3.32. The predicted molar refractivity (Wildman–Crippen MR) is 129 cm³/mol. The first-order valence-corrected chi connectivity index (χ1v) is 11.5. The van der Waals surface area contributed by atoms with Crippen LogP contribution >= 0.6 is 11.8 Å². The Morgan fingerprint density at radius 2 is 1.68 bits per heavy atom. The zero-order chi connectivity index (χ0) is 24.0. The number of rotatable bonds is 8. The summed E-state index contributed by atoms with van der Waals surface area (Å²) >= 11 is 1.12. The largest absolute Gasteiger partial charge is 0.416 e. The molecule has 3 aromatic carbocycles. The lowest BCUT2D eigenvalue weighted by atomic mass is 10.1. The predicted octanol–water partition coefficient (Wildman–Crippen LogP) is 6.03. The van der Waals surface area contributed by atoms with Crippen molar-refractivity contribution < 1.29 is 18.0 Å². The van der Waals surface area contributed by atoms with Gasteiger partial charge in [0.25, 0.3) is 0 Å². The minimum atomic E-state index is -4.47. The van der Waals surface area contributed by atoms with Crippen LogP contribution in [0.3, 0.4) is 0 Å². The van der Waals surface area contributed by atoms with E-state index in [0.29, 0.717) is 17.5 Å². The Bertz CT molecular complexity index is 1280. The highest BCUT2D eigenvalue weighted by Crippen LogP contribution is 2.31. The SMILES string of the molecule is O=C(CSc1nc(NCCc2ccccc2)c2ccccc2n1)Nc1cccc(C(F)(F)F)c1. The topological polar surface area (TPSA) is 66.9 Å². The number of halogens is 3. The smallest absolute Gasteiger partial charge is 0.369 e. The molecule has 0 aliphatic carbocycles. The van der Waals surface area contributed by atoms with Gasteiger partial charge in [0, 0.05) is 17.6 Å². The number of hydrogen-bond donors (Lipinski definition) is 2. The minimum absolute atomic E-state index is 0.0436. The standard InChI is InChI=1S/C25H21F3N4OS/c26-25(27,28)18-9-6-10-19(15-18)30-22(33)16-34-24-31-21-12-5-4-11-20(21)23(32-24)29-14-13-17-7-2-1-3-8-17/h1-12,15H,13-14,16H2,(H,30,33)(H,29,31,32). The lowest BCUT2D eigenvalue weighted by molar-refractivity contribution is -0.137. The van der Waals surface area contributed by atoms with Gasteiger partial charge in [-0.25, -0.2) is 9.97 Å². The van der Waals surface area contributed by atoms with Crippen LogP contribution in [0.4, 0.5) is 24.7 Å². The van der Waals surface area contributed by atoms with E-state index in [9.17, 15) is 18.0 Å². The van der Waals surface area contributed by atoms with Gasteiger partial charge in [-0.2, -0.15) is 13.2 Å². The van der Waals surface area contributed by atoms with Gasteiger partial charge in [0.15, 0.2) is 5.16 Å². The molecule has 5 nitrogen and oxygen atoms in total. The first kappa shape index (κ1) is 23.6. The van der Waals surface area contributed by atoms with Gasteiger partial charge in [-0.15, -0.1) is 0 Å². The number of nitrogens with zero attached hydrogens (tertiary/aromatic N) is 2. The number of para-hydroxylation sites is 1. The van der Waals surface area contributed by atoms with Crippen molar-refractivity contribution in [2.24, 2.45) is 0 Å². The van der Waals surface area contributed by atoms with E-state index in [1.165, 1.54) is 17.7 Å². The maximum Gasteiger partial charge on any atom is 0.416 e. The number of carbonyl (C=O) groups excluding carboxylic acids is 1. The summed E-state index contributed by atoms with van der Waals surface area (Å²) in [4.78, 5) is 21.4. The number of fused-ring (bicyclic) bond motifs is 1. The maximum atomic E-state index is 12.9. The number of nitrogens with one attached hydrogen (secondary N) is 2. The van der Waals surface area contributed by atoms with Crippen LogP contribution in [0.25, 0.3) is 10.9 Å². The van der Waals surface area contributed by atoms with Gasteiger partial charge in [-0.1, -0.05) is 60.3 Å². The summed E-state index contributed by atoms with van der Waals surface area (Å²) < 4.78 is 38.7. The van der Waals surface area contributed by atoms with Gasteiger partial charge in [0.2, 0.25) is 5.91 Å². The molecule has 0 saturated carbocycles. The molecule has 0 unspecified atom stereocenters. The van der Waals surface area contributed by atoms with E-state index < -0.39 is 17.6 Å². The molecule has 0 aliphatic rings. The van der Waals surface area contributed by atoms with Crippen LogP contribution < -0.4 is 10.6 Å². The van der Waals surface area contributed by atoms with Crippen molar-refractivity contribution in [2.45, 2.75) is 17.8 Å². The molecule has 0 fully saturated rings. The molecule has 0 atom stereocenters. The van der Waals surface area contributed by atoms with Crippen molar-refractivity contribution in [1.82, 2.24) is 9.97 Å². The van der Waals surface area contributed by atoms with Crippen LogP contribution in [-0.2, 0) is 17.4 Å². The van der Waals surface area contributed by atoms with Crippen LogP contribution in [0.2, 0.25) is 0 Å². The van der Waals surface area contributed by atoms with Crippen molar-refractivity contribution in [1.29, 1.82) is 0 Å². The number of thioether (sulfide) groups is 1. The monoisotopic (exact) mass is 482 g/mol. The maximum absolute atomic E-state index is 12.9. The molecule has 0 saturated heterocycles. The molecular weight excluding hydrogens is 461 g/mol. The number of hydrogen-bond acceptors (Lipinski definition) is 5. The quantitative estimate of drug-likeness (QED) is 0.237. The second-order valence-corrected chi connectivity index (χ2v) is 8.39. The first-order valence-electron chi connectivity index (χ1n) is 10.5. The fourth-order valence-corrected chi connectivity index (χ4v) is 3.98. The average Bonchev–Trinajstić information content (AvgIpc) is 2.83. The molecular formula is C25H21F3N4OS. The highest BCUT2D eigenvalue weighted by molar-refractivity contribution is 7.99. The van der Waals surface area contributed by atoms with E-state index in [-0.39, 0.29) is 11.4 Å². The van der Waals surface area contributed by atoms with E-state index in [0.717, 1.165) is 41.2 Å². The lowest BCUT2D eigenvalue weighted by Crippen LogP contribution is -2.15. The van der Waals surface area contributed by atoms with Crippen molar-refractivity contribution in [3.63, 3.8) is 0 Å². The molecule has 9 heteroatoms. The Hall–Kier alpha value is -3.59. The molecule has 4 aromatic rings. The number of benzene rings is 3. The molecule has 0 spiro atoms. The van der Waals surface area contributed by atoms with Crippen LogP contribution in [0, 0.1) is 0 Å². The molecule has 0 bridgehead atoms. The van der Waals surface area contributed by atoms with Gasteiger partial charge in [-0.3, -0.25) is 4.79 Å². The van der Waals surface area contributed by atoms with Gasteiger partial charge < -0.3 is 10.6 Å². The zero-order valence-electron chi connectivity index (χ0n) is 18.0. The Morgan fingerprint density at radius 1 is 0.912 bits per heavy atom. The molecule has 34 heavy (non-hydrogen) atoms. The Balaban J connectivity index is 1.42. The van der Waals surface area contributed by atoms with Crippen molar-refractivity contribution in [3.8, 4) is 0 Å². The van der Waals surface area contributed by atoms with Crippen LogP contribution in [0.15, 0.2) is 84.0 Å². The summed E-state index contributed by atoms with van der Waals surface area (Å²) in [5.74, 6) is 0.180. The molecule has 1 heterocycles. The third-order valence-electron chi connectivity index (χ3n) is 4.94. The summed E-state index contributed by atoms with van der Waals surface area (Å²) in [6.07, 6.45) is -3.65. The van der Waals surface area contributed by atoms with Gasteiger partial charge >= 0.3 is 6.18 Å². The van der Waals surface area contributed by atoms with E-state index in [1.54, 1.807) is 0 Å². The number of amides is 1. The first-order chi connectivity index (χ1) is 16.4. The Morgan fingerprint density at radius 3 is 2.47 bits per heavy atom. The second-order valence-electron chi connectivity index (χ2n) is 7.45. The number of anilines is 2. The molecule has 1 aromatic heterocycles. The van der Waals surface area contributed by atoms with E-state index in [4.69, 9.17) is 0 Å². The molecule has 174 valence electrons. The molecule has 2 N–H and O–H groups in total. The Labute approximate surface area is 198 Å². The third kappa shape index (κ3) is 6.26. The molecule has 0 aliphatic heterocycles. The van der Waals surface area contributed by atoms with Gasteiger partial charge in [0.1, 0.15) is 5.82 Å². The van der Waals surface area contributed by atoms with Gasteiger partial charge in [0.05, 0.1) is 16.8 Å². The summed E-state index contributed by atoms with van der Waals surface area (Å²) in [7, 11) is 0. The number of carbonyl (C=O) groups is 1. The van der Waals surface area contributed by atoms with Crippen LogP contribution in [0.1, 0.15) is 11.1 Å². The molecule has 1 amide bonds. The third-order valence-corrected chi connectivity index (χ3v) is 5.78. The van der Waals surface area contributed by atoms with Crippen molar-refractivity contribution in [3.05, 3.63) is 90.0 Å². The zero-order valence-corrected chi connectivity index (χ0v) is 18.8. The van der Waals surface area contributed by atoms with E-state index in [2.05, 4.69) is 32.7 Å². The van der Waals surface area contributed by atoms with Crippen molar-refractivity contribution in [2.75, 3.05) is 22.9 Å². The summed E-state index contributed by atoms with van der Waals surface area (Å²) in [6.45, 7) is 0.672. The highest BCUT2D eigenvalue weighted by Gasteiger charge is 2.30. The number of aromatic nitrogens is 2. The van der Waals surface area contributed by atoms with E-state index >= 15 is 0 Å². The Kier molecular flexibility index (Phi) is 7.32. The normalized spacial score (nSPS) is 11.4. The van der Waals surface area contributed by atoms with Gasteiger partial charge in [-0.05, 0) is 42.3 Å². The van der Waals surface area contributed by atoms with E-state index in [1.807, 2.05) is 42.5 Å². The van der Waals surface area contributed by atoms with Crippen LogP contribution in [0.5, 0.6) is 0 Å². The molecule has 0 radical (unpaired) electrons. The summed E-state index contributed by atoms with van der Waals surface area (Å²) in [5, 5.41) is 7.12. The molecule has 4 rings (SSSR count). The highest BCUT2D eigenvalue weighted by atomic mass is 32.2. The summed E-state index contributed by atoms with van der Waals surface area (Å²) in [5.41, 5.74) is 1.21.